The van der Waals surface area contributed by atoms with Gasteiger partial charge < -0.3 is 13.6 Å². The number of hydrogen-bond acceptors (Lipinski definition) is 5. The predicted molar refractivity (Wildman–Crippen MR) is 200 cm³/mol. The molecule has 1 aromatic carbocycles. The van der Waals surface area contributed by atoms with Crippen LogP contribution in [0.25, 0.3) is 0 Å². The predicted octanol–water partition coefficient (Wildman–Crippen LogP) is 10.5. The first-order valence-corrected chi connectivity index (χ1v) is 25.6. The molecule has 1 fully saturated rings. The Kier molecular flexibility index (Phi) is 16.2. The molecule has 0 bridgehead atoms. The Balaban J connectivity index is 2.18. The van der Waals surface area contributed by atoms with Crippen LogP contribution in [-0.2, 0) is 23.6 Å². The topological polar surface area (TPSA) is 77.2 Å². The molecule has 0 aliphatic carbocycles. The van der Waals surface area contributed by atoms with Crippen molar-refractivity contribution < 1.29 is 22.0 Å². The summed E-state index contributed by atoms with van der Waals surface area (Å²) in [6.45, 7) is 26.7. The number of hydrogen-bond donors (Lipinski definition) is 1. The molecule has 1 aromatic rings. The zero-order valence-corrected chi connectivity index (χ0v) is 34.6. The summed E-state index contributed by atoms with van der Waals surface area (Å²) < 4.78 is 50.9. The van der Waals surface area contributed by atoms with Crippen LogP contribution in [-0.4, -0.2) is 56.0 Å². The Bertz CT molecular complexity index is 1130. The van der Waals surface area contributed by atoms with Crippen molar-refractivity contribution in [3.8, 4) is 0 Å². The first kappa shape index (κ1) is 41.6. The maximum absolute atomic E-state index is 13.8. The van der Waals surface area contributed by atoms with E-state index >= 15 is 0 Å². The van der Waals surface area contributed by atoms with Gasteiger partial charge in [0.25, 0.3) is 0 Å². The van der Waals surface area contributed by atoms with Crippen molar-refractivity contribution in [2.24, 2.45) is 0 Å². The van der Waals surface area contributed by atoms with Gasteiger partial charge in [-0.2, -0.15) is 0 Å². The van der Waals surface area contributed by atoms with E-state index in [1.54, 1.807) is 12.1 Å². The lowest BCUT2D eigenvalue weighted by atomic mass is 10.0. The van der Waals surface area contributed by atoms with E-state index in [0.29, 0.717) is 0 Å². The highest BCUT2D eigenvalue weighted by molar-refractivity contribution is 7.89. The molecule has 9 heteroatoms. The SMILES string of the molecule is CCCCCCCCCCCCC[C@@H]1O[C@@H]1[C@@H](O[Si](C)(C)C(C)(C)C)[C@H](CO[Si](C)(C)C(C)(C)C)NS(=O)(=O)c1ccc(C)cc1. The van der Waals surface area contributed by atoms with Crippen LogP contribution in [0.15, 0.2) is 29.2 Å². The molecule has 1 aliphatic heterocycles. The molecule has 1 N–H and O–H groups in total. The maximum atomic E-state index is 13.8. The number of epoxide rings is 1. The Morgan fingerprint density at radius 3 is 1.74 bits per heavy atom. The monoisotopic (exact) mass is 697 g/mol. The van der Waals surface area contributed by atoms with Crippen LogP contribution in [0.2, 0.25) is 36.3 Å². The molecule has 6 nitrogen and oxygen atoms in total. The fourth-order valence-electron chi connectivity index (χ4n) is 5.28. The summed E-state index contributed by atoms with van der Waals surface area (Å²) in [5.41, 5.74) is 1.02. The number of ether oxygens (including phenoxy) is 1. The third kappa shape index (κ3) is 13.4. The van der Waals surface area contributed by atoms with Crippen LogP contribution in [0.1, 0.15) is 131 Å². The van der Waals surface area contributed by atoms with Gasteiger partial charge in [-0.05, 0) is 61.7 Å². The average molecular weight is 698 g/mol. The molecule has 2 rings (SSSR count). The largest absolute Gasteiger partial charge is 0.415 e. The first-order chi connectivity index (χ1) is 21.2. The normalized spacial score (nSPS) is 19.3. The molecule has 0 saturated carbocycles. The van der Waals surface area contributed by atoms with Gasteiger partial charge in [0, 0.05) is 0 Å². The molecule has 0 unspecified atom stereocenters. The Hall–Kier alpha value is -0.556. The summed E-state index contributed by atoms with van der Waals surface area (Å²) in [4.78, 5) is 0.260. The van der Waals surface area contributed by atoms with Crippen molar-refractivity contribution in [2.75, 3.05) is 6.61 Å². The number of benzene rings is 1. The van der Waals surface area contributed by atoms with E-state index in [1.165, 1.54) is 64.2 Å². The summed E-state index contributed by atoms with van der Waals surface area (Å²) in [6.07, 6.45) is 15.0. The van der Waals surface area contributed by atoms with Crippen molar-refractivity contribution in [1.82, 2.24) is 4.72 Å². The van der Waals surface area contributed by atoms with Gasteiger partial charge in [0.05, 0.1) is 29.8 Å². The van der Waals surface area contributed by atoms with Crippen molar-refractivity contribution in [2.45, 2.75) is 198 Å². The molecule has 46 heavy (non-hydrogen) atoms. The van der Waals surface area contributed by atoms with E-state index in [-0.39, 0.29) is 33.8 Å². The average Bonchev–Trinajstić information content (AvgIpc) is 3.71. The molecule has 0 aromatic heterocycles. The van der Waals surface area contributed by atoms with Gasteiger partial charge in [0.2, 0.25) is 10.0 Å². The third-order valence-electron chi connectivity index (χ3n) is 10.7. The second kappa shape index (κ2) is 17.9. The van der Waals surface area contributed by atoms with E-state index in [4.69, 9.17) is 13.6 Å². The van der Waals surface area contributed by atoms with Crippen molar-refractivity contribution >= 4 is 26.7 Å². The molecule has 0 spiro atoms. The van der Waals surface area contributed by atoms with Crippen LogP contribution in [0.3, 0.4) is 0 Å². The number of unbranched alkanes of at least 4 members (excludes halogenated alkanes) is 10. The quantitative estimate of drug-likeness (QED) is 0.0741. The summed E-state index contributed by atoms with van der Waals surface area (Å²) in [5, 5.41) is -0.0385. The van der Waals surface area contributed by atoms with Gasteiger partial charge >= 0.3 is 0 Å². The lowest BCUT2D eigenvalue weighted by Gasteiger charge is -2.42. The Morgan fingerprint density at radius 1 is 0.783 bits per heavy atom. The highest BCUT2D eigenvalue weighted by Gasteiger charge is 2.53. The van der Waals surface area contributed by atoms with Crippen LogP contribution in [0, 0.1) is 6.92 Å². The molecular weight excluding hydrogens is 627 g/mol. The van der Waals surface area contributed by atoms with Crippen LogP contribution in [0.5, 0.6) is 0 Å². The second-order valence-electron chi connectivity index (χ2n) is 16.9. The minimum Gasteiger partial charge on any atom is -0.415 e. The van der Waals surface area contributed by atoms with Gasteiger partial charge in [0.1, 0.15) is 6.10 Å². The van der Waals surface area contributed by atoms with E-state index in [2.05, 4.69) is 79.4 Å². The summed E-state index contributed by atoms with van der Waals surface area (Å²) in [6, 6.07) is 6.47. The smallest absolute Gasteiger partial charge is 0.240 e. The fourth-order valence-corrected chi connectivity index (χ4v) is 8.87. The number of rotatable bonds is 22. The van der Waals surface area contributed by atoms with E-state index in [0.717, 1.165) is 18.4 Å². The summed E-state index contributed by atoms with van der Waals surface area (Å²) in [5.74, 6) is 0. The zero-order chi connectivity index (χ0) is 34.8. The lowest BCUT2D eigenvalue weighted by Crippen LogP contribution is -2.57. The van der Waals surface area contributed by atoms with Crippen LogP contribution in [0.4, 0.5) is 0 Å². The number of nitrogens with one attached hydrogen (secondary N) is 1. The molecule has 268 valence electrons. The van der Waals surface area contributed by atoms with E-state index in [1.807, 2.05) is 19.1 Å². The van der Waals surface area contributed by atoms with Crippen LogP contribution < -0.4 is 4.72 Å². The molecular formula is C37H71NO5SSi2. The van der Waals surface area contributed by atoms with E-state index in [9.17, 15) is 8.42 Å². The molecule has 0 amide bonds. The highest BCUT2D eigenvalue weighted by Crippen LogP contribution is 2.42. The number of sulfonamides is 1. The first-order valence-electron chi connectivity index (χ1n) is 18.3. The van der Waals surface area contributed by atoms with E-state index < -0.39 is 38.8 Å². The standard InChI is InChI=1S/C37H71NO5SSi2/c1-13-14-15-16-17-18-19-20-21-22-23-24-33-35(42-33)34(43-46(11,12)37(6,7)8)32(29-41-45(9,10)36(3,4)5)38-44(39,40)31-27-25-30(2)26-28-31/h25-28,32-35,38H,13-24,29H2,1-12H3/t32-,33-,34-,35-/m0/s1. The maximum Gasteiger partial charge on any atom is 0.240 e. The Labute approximate surface area is 286 Å². The van der Waals surface area contributed by atoms with Gasteiger partial charge in [0.15, 0.2) is 16.6 Å². The van der Waals surface area contributed by atoms with Crippen LogP contribution >= 0.6 is 0 Å². The lowest BCUT2D eigenvalue weighted by molar-refractivity contribution is 0.0857. The van der Waals surface area contributed by atoms with Crippen molar-refractivity contribution in [3.05, 3.63) is 29.8 Å². The molecule has 0 radical (unpaired) electrons. The molecule has 4 atom stereocenters. The third-order valence-corrected chi connectivity index (χ3v) is 21.2. The minimum absolute atomic E-state index is 0.00314. The molecule has 1 aliphatic rings. The Morgan fingerprint density at radius 2 is 1.26 bits per heavy atom. The van der Waals surface area contributed by atoms with Gasteiger partial charge in [-0.1, -0.05) is 137 Å². The zero-order valence-electron chi connectivity index (χ0n) is 31.8. The van der Waals surface area contributed by atoms with Gasteiger partial charge in [-0.3, -0.25) is 0 Å². The highest BCUT2D eigenvalue weighted by atomic mass is 32.2. The van der Waals surface area contributed by atoms with Gasteiger partial charge in [-0.25, -0.2) is 13.1 Å². The number of aryl methyl sites for hydroxylation is 1. The second-order valence-corrected chi connectivity index (χ2v) is 28.2. The van der Waals surface area contributed by atoms with Crippen molar-refractivity contribution in [1.29, 1.82) is 0 Å². The molecule has 1 saturated heterocycles. The minimum atomic E-state index is -3.81. The summed E-state index contributed by atoms with van der Waals surface area (Å²) >= 11 is 0. The fraction of sp³-hybridized carbons (Fsp3) is 0.838. The molecule has 1 heterocycles. The van der Waals surface area contributed by atoms with Crippen molar-refractivity contribution in [3.63, 3.8) is 0 Å². The van der Waals surface area contributed by atoms with Gasteiger partial charge in [-0.15, -0.1) is 0 Å². The summed E-state index contributed by atoms with van der Waals surface area (Å²) in [7, 11) is -8.27.